The van der Waals surface area contributed by atoms with Crippen molar-refractivity contribution < 1.29 is 4.79 Å². The minimum atomic E-state index is -0.0976. The molecule has 2 aromatic rings. The fraction of sp³-hybridized carbons (Fsp3) is 0.273. The van der Waals surface area contributed by atoms with Gasteiger partial charge in [0.1, 0.15) is 17.2 Å². The second kappa shape index (κ2) is 4.02. The summed E-state index contributed by atoms with van der Waals surface area (Å²) in [6, 6.07) is 7.55. The van der Waals surface area contributed by atoms with Crippen LogP contribution in [0.1, 0.15) is 0 Å². The van der Waals surface area contributed by atoms with E-state index in [0.29, 0.717) is 18.2 Å². The van der Waals surface area contributed by atoms with Gasteiger partial charge >= 0.3 is 6.03 Å². The van der Waals surface area contributed by atoms with Gasteiger partial charge in [-0.2, -0.15) is 0 Å². The number of likely N-dealkylation sites (N-methyl/N-ethyl adjacent to an activating group) is 1. The zero-order valence-corrected chi connectivity index (χ0v) is 10.6. The molecule has 0 radical (unpaired) electrons. The third kappa shape index (κ3) is 1.63. The van der Waals surface area contributed by atoms with Crippen molar-refractivity contribution in [1.82, 2.24) is 24.8 Å². The summed E-state index contributed by atoms with van der Waals surface area (Å²) in [6.45, 7) is 0.822. The number of fused-ring (bicyclic) bond motifs is 1. The summed E-state index contributed by atoms with van der Waals surface area (Å²) in [5.74, 6) is 0. The van der Waals surface area contributed by atoms with E-state index in [1.165, 1.54) is 4.90 Å². The molecule has 92 valence electrons. The number of hydrogen-bond donors (Lipinski definition) is 0. The van der Waals surface area contributed by atoms with Crippen LogP contribution in [0.4, 0.5) is 4.79 Å². The van der Waals surface area contributed by atoms with Crippen LogP contribution in [0.5, 0.6) is 0 Å². The molecule has 1 aromatic carbocycles. The van der Waals surface area contributed by atoms with Crippen LogP contribution in [-0.2, 0) is 6.67 Å². The lowest BCUT2D eigenvalue weighted by molar-refractivity contribution is 0.187. The second-order valence-electron chi connectivity index (χ2n) is 4.15. The molecule has 1 saturated heterocycles. The molecule has 0 unspecified atom stereocenters. The Morgan fingerprint density at radius 2 is 2.17 bits per heavy atom. The Balaban J connectivity index is 1.89. The monoisotopic (exact) mass is 261 g/mol. The number of para-hydroxylation sites is 1. The largest absolute Gasteiger partial charge is 0.326 e. The van der Waals surface area contributed by atoms with Crippen molar-refractivity contribution in [2.24, 2.45) is 0 Å². The van der Waals surface area contributed by atoms with Crippen molar-refractivity contribution in [3.63, 3.8) is 0 Å². The van der Waals surface area contributed by atoms with Gasteiger partial charge in [0.05, 0.1) is 12.1 Å². The number of amides is 2. The fourth-order valence-corrected chi connectivity index (χ4v) is 2.18. The van der Waals surface area contributed by atoms with Gasteiger partial charge in [-0.25, -0.2) is 9.48 Å². The van der Waals surface area contributed by atoms with Crippen LogP contribution in [0.2, 0.25) is 0 Å². The van der Waals surface area contributed by atoms with Crippen LogP contribution in [0.15, 0.2) is 24.3 Å². The Morgan fingerprint density at radius 3 is 2.89 bits per heavy atom. The van der Waals surface area contributed by atoms with Crippen LogP contribution < -0.4 is 0 Å². The normalized spacial score (nSPS) is 16.1. The number of hydrogen-bond acceptors (Lipinski definition) is 4. The van der Waals surface area contributed by atoms with E-state index in [4.69, 9.17) is 12.2 Å². The fourth-order valence-electron chi connectivity index (χ4n) is 1.95. The van der Waals surface area contributed by atoms with Crippen LogP contribution in [-0.4, -0.2) is 49.4 Å². The first-order chi connectivity index (χ1) is 8.66. The van der Waals surface area contributed by atoms with Gasteiger partial charge < -0.3 is 0 Å². The molecule has 0 spiro atoms. The van der Waals surface area contributed by atoms with Gasteiger partial charge in [-0.3, -0.25) is 9.80 Å². The lowest BCUT2D eigenvalue weighted by atomic mass is 10.3. The molecule has 0 bridgehead atoms. The summed E-state index contributed by atoms with van der Waals surface area (Å²) < 4.78 is 1.70. The van der Waals surface area contributed by atoms with Crippen molar-refractivity contribution in [3.8, 4) is 0 Å². The van der Waals surface area contributed by atoms with Gasteiger partial charge in [0.25, 0.3) is 0 Å². The first-order valence-corrected chi connectivity index (χ1v) is 5.91. The maximum atomic E-state index is 11.9. The number of aromatic nitrogens is 3. The van der Waals surface area contributed by atoms with Gasteiger partial charge in [0.2, 0.25) is 0 Å². The summed E-state index contributed by atoms with van der Waals surface area (Å²) in [6.07, 6.45) is 0. The maximum Gasteiger partial charge on any atom is 0.326 e. The average Bonchev–Trinajstić information content (AvgIpc) is 2.89. The van der Waals surface area contributed by atoms with E-state index in [1.807, 2.05) is 24.3 Å². The Morgan fingerprint density at radius 1 is 1.39 bits per heavy atom. The Kier molecular flexibility index (Phi) is 2.48. The van der Waals surface area contributed by atoms with Gasteiger partial charge in [-0.05, 0) is 12.1 Å². The van der Waals surface area contributed by atoms with Crippen molar-refractivity contribution >= 4 is 34.3 Å². The smallest absolute Gasteiger partial charge is 0.298 e. The van der Waals surface area contributed by atoms with E-state index < -0.39 is 0 Å². The summed E-state index contributed by atoms with van der Waals surface area (Å²) in [7, 11) is 1.68. The lowest BCUT2D eigenvalue weighted by Crippen LogP contribution is -2.31. The molecule has 0 saturated carbocycles. The van der Waals surface area contributed by atoms with Gasteiger partial charge in [-0.1, -0.05) is 29.6 Å². The van der Waals surface area contributed by atoms with Crippen molar-refractivity contribution in [2.75, 3.05) is 13.6 Å². The minimum Gasteiger partial charge on any atom is -0.298 e. The lowest BCUT2D eigenvalue weighted by Gasteiger charge is -2.14. The molecular weight excluding hydrogens is 250 g/mol. The van der Waals surface area contributed by atoms with E-state index in [9.17, 15) is 4.79 Å². The highest BCUT2D eigenvalue weighted by Crippen LogP contribution is 2.14. The Hall–Kier alpha value is -2.02. The topological polar surface area (TPSA) is 54.3 Å². The van der Waals surface area contributed by atoms with Crippen molar-refractivity contribution in [1.29, 1.82) is 0 Å². The quantitative estimate of drug-likeness (QED) is 0.759. The molecule has 18 heavy (non-hydrogen) atoms. The number of thiocarbonyl (C=S) groups is 1. The number of carbonyl (C=O) groups is 1. The molecule has 1 aliphatic rings. The van der Waals surface area contributed by atoms with Crippen molar-refractivity contribution in [2.45, 2.75) is 6.67 Å². The number of urea groups is 1. The van der Waals surface area contributed by atoms with Crippen molar-refractivity contribution in [3.05, 3.63) is 24.3 Å². The predicted octanol–water partition coefficient (Wildman–Crippen LogP) is 1.08. The molecule has 2 amide bonds. The second-order valence-corrected chi connectivity index (χ2v) is 4.62. The third-order valence-electron chi connectivity index (χ3n) is 2.98. The number of carbonyl (C=O) groups excluding carboxylic acids is 1. The molecule has 7 heteroatoms. The molecule has 1 aliphatic heterocycles. The standard InChI is InChI=1S/C11H11N5OS/c1-14-10(18)6-15(11(14)17)7-16-9-5-3-2-4-8(9)12-13-16/h2-5H,6-7H2,1H3. The number of benzene rings is 1. The van der Waals surface area contributed by atoms with E-state index >= 15 is 0 Å². The van der Waals surface area contributed by atoms with E-state index in [2.05, 4.69) is 10.3 Å². The van der Waals surface area contributed by atoms with Gasteiger partial charge in [0.15, 0.2) is 0 Å². The van der Waals surface area contributed by atoms with Gasteiger partial charge in [0, 0.05) is 7.05 Å². The highest BCUT2D eigenvalue weighted by atomic mass is 32.1. The summed E-state index contributed by atoms with van der Waals surface area (Å²) >= 11 is 5.11. The van der Waals surface area contributed by atoms with Gasteiger partial charge in [-0.15, -0.1) is 5.10 Å². The third-order valence-corrected chi connectivity index (χ3v) is 3.39. The number of nitrogens with zero attached hydrogens (tertiary/aromatic N) is 5. The molecule has 2 heterocycles. The molecular formula is C11H11N5OS. The Bertz CT molecular complexity index is 637. The average molecular weight is 261 g/mol. The molecule has 3 rings (SSSR count). The Labute approximate surface area is 109 Å². The van der Waals surface area contributed by atoms with Crippen LogP contribution in [0.3, 0.4) is 0 Å². The minimum absolute atomic E-state index is 0.0976. The molecule has 6 nitrogen and oxygen atoms in total. The highest BCUT2D eigenvalue weighted by molar-refractivity contribution is 7.80. The zero-order chi connectivity index (χ0) is 12.7. The molecule has 0 aliphatic carbocycles. The number of rotatable bonds is 2. The molecule has 0 N–H and O–H groups in total. The highest BCUT2D eigenvalue weighted by Gasteiger charge is 2.30. The predicted molar refractivity (Wildman–Crippen MR) is 70.0 cm³/mol. The van der Waals surface area contributed by atoms with E-state index in [0.717, 1.165) is 11.0 Å². The molecule has 1 aromatic heterocycles. The van der Waals surface area contributed by atoms with Crippen LogP contribution in [0.25, 0.3) is 11.0 Å². The van der Waals surface area contributed by atoms with E-state index in [-0.39, 0.29) is 6.03 Å². The summed E-state index contributed by atoms with van der Waals surface area (Å²) in [5.41, 5.74) is 1.73. The first-order valence-electron chi connectivity index (χ1n) is 5.50. The van der Waals surface area contributed by atoms with E-state index in [1.54, 1.807) is 16.6 Å². The SMILES string of the molecule is CN1C(=O)N(Cn2nnc3ccccc32)CC1=S. The summed E-state index contributed by atoms with van der Waals surface area (Å²) in [5, 5.41) is 8.11. The summed E-state index contributed by atoms with van der Waals surface area (Å²) in [4.78, 5) is 15.6. The molecule has 1 fully saturated rings. The maximum absolute atomic E-state index is 11.9. The van der Waals surface area contributed by atoms with Crippen LogP contribution in [0, 0.1) is 0 Å². The first kappa shape index (κ1) is 11.1. The van der Waals surface area contributed by atoms with Crippen LogP contribution >= 0.6 is 12.2 Å². The molecule has 0 atom stereocenters. The zero-order valence-electron chi connectivity index (χ0n) is 9.78.